The standard InChI is InChI=1S/C25H22N4O5S/c1-16-28-29-25(35-16)27-22(30)12-13-24(32)33-15-23(31)26-19-7-10-20(11-8-19)34-21-9-6-17-4-2-3-5-18(17)14-21/h2-11,14H,12-13,15H2,1H3,(H,26,31)(H,27,29,30). The lowest BCUT2D eigenvalue weighted by Gasteiger charge is -2.09. The summed E-state index contributed by atoms with van der Waals surface area (Å²) < 4.78 is 10.8. The van der Waals surface area contributed by atoms with Crippen LogP contribution in [0.3, 0.4) is 0 Å². The van der Waals surface area contributed by atoms with Crippen LogP contribution in [0.15, 0.2) is 66.7 Å². The first-order chi connectivity index (χ1) is 16.9. The Labute approximate surface area is 205 Å². The molecule has 0 spiro atoms. The quantitative estimate of drug-likeness (QED) is 0.327. The number of carbonyl (C=O) groups excluding carboxylic acids is 3. The summed E-state index contributed by atoms with van der Waals surface area (Å²) in [7, 11) is 0. The summed E-state index contributed by atoms with van der Waals surface area (Å²) in [5, 5.41) is 16.1. The fourth-order valence-corrected chi connectivity index (χ4v) is 3.74. The number of amides is 2. The number of ether oxygens (including phenoxy) is 2. The first kappa shape index (κ1) is 23.8. The third-order valence-corrected chi connectivity index (χ3v) is 5.54. The molecule has 3 aromatic carbocycles. The molecule has 4 aromatic rings. The molecule has 9 nitrogen and oxygen atoms in total. The number of aryl methyl sites for hydroxylation is 1. The molecular formula is C25H22N4O5S. The van der Waals surface area contributed by atoms with E-state index in [0.29, 0.717) is 22.3 Å². The smallest absolute Gasteiger partial charge is 0.306 e. The van der Waals surface area contributed by atoms with Crippen LogP contribution < -0.4 is 15.4 Å². The van der Waals surface area contributed by atoms with Crippen molar-refractivity contribution in [1.29, 1.82) is 0 Å². The van der Waals surface area contributed by atoms with E-state index >= 15 is 0 Å². The normalized spacial score (nSPS) is 10.5. The van der Waals surface area contributed by atoms with E-state index in [1.807, 2.05) is 42.5 Å². The lowest BCUT2D eigenvalue weighted by molar-refractivity contribution is -0.147. The van der Waals surface area contributed by atoms with E-state index in [9.17, 15) is 14.4 Å². The Morgan fingerprint density at radius 3 is 2.31 bits per heavy atom. The lowest BCUT2D eigenvalue weighted by Crippen LogP contribution is -2.21. The number of aromatic nitrogens is 2. The van der Waals surface area contributed by atoms with Crippen molar-refractivity contribution < 1.29 is 23.9 Å². The number of nitrogens with one attached hydrogen (secondary N) is 2. The van der Waals surface area contributed by atoms with Crippen molar-refractivity contribution in [2.24, 2.45) is 0 Å². The number of hydrogen-bond acceptors (Lipinski definition) is 8. The summed E-state index contributed by atoms with van der Waals surface area (Å²) in [6, 6.07) is 20.7. The van der Waals surface area contributed by atoms with E-state index in [-0.39, 0.29) is 18.7 Å². The Morgan fingerprint density at radius 2 is 1.57 bits per heavy atom. The van der Waals surface area contributed by atoms with Gasteiger partial charge in [-0.15, -0.1) is 10.2 Å². The third-order valence-electron chi connectivity index (χ3n) is 4.79. The van der Waals surface area contributed by atoms with E-state index in [1.54, 1.807) is 31.2 Å². The predicted molar refractivity (Wildman–Crippen MR) is 133 cm³/mol. The summed E-state index contributed by atoms with van der Waals surface area (Å²) in [6.45, 7) is 1.31. The van der Waals surface area contributed by atoms with Crippen molar-refractivity contribution in [2.75, 3.05) is 17.2 Å². The van der Waals surface area contributed by atoms with Gasteiger partial charge in [-0.2, -0.15) is 0 Å². The highest BCUT2D eigenvalue weighted by molar-refractivity contribution is 7.15. The highest BCUT2D eigenvalue weighted by atomic mass is 32.1. The molecule has 2 N–H and O–H groups in total. The van der Waals surface area contributed by atoms with Gasteiger partial charge in [0.1, 0.15) is 16.5 Å². The van der Waals surface area contributed by atoms with Gasteiger partial charge >= 0.3 is 5.97 Å². The number of hydrogen-bond donors (Lipinski definition) is 2. The molecular weight excluding hydrogens is 468 g/mol. The van der Waals surface area contributed by atoms with Gasteiger partial charge in [0.25, 0.3) is 5.91 Å². The molecule has 0 unspecified atom stereocenters. The van der Waals surface area contributed by atoms with Crippen LogP contribution in [-0.4, -0.2) is 34.6 Å². The van der Waals surface area contributed by atoms with Crippen LogP contribution in [0.5, 0.6) is 11.5 Å². The van der Waals surface area contributed by atoms with Gasteiger partial charge in [0.05, 0.1) is 6.42 Å². The minimum absolute atomic E-state index is 0.0856. The summed E-state index contributed by atoms with van der Waals surface area (Å²) in [4.78, 5) is 35.8. The van der Waals surface area contributed by atoms with Crippen LogP contribution in [0, 0.1) is 6.92 Å². The number of fused-ring (bicyclic) bond motifs is 1. The topological polar surface area (TPSA) is 120 Å². The predicted octanol–water partition coefficient (Wildman–Crippen LogP) is 4.69. The maximum Gasteiger partial charge on any atom is 0.306 e. The van der Waals surface area contributed by atoms with Crippen LogP contribution >= 0.6 is 11.3 Å². The van der Waals surface area contributed by atoms with Gasteiger partial charge in [0.15, 0.2) is 6.61 Å². The molecule has 1 aromatic heterocycles. The van der Waals surface area contributed by atoms with Crippen LogP contribution in [0.4, 0.5) is 10.8 Å². The average Bonchev–Trinajstić information content (AvgIpc) is 3.27. The molecule has 0 aliphatic heterocycles. The molecule has 0 fully saturated rings. The van der Waals surface area contributed by atoms with Gasteiger partial charge in [0, 0.05) is 12.1 Å². The van der Waals surface area contributed by atoms with E-state index in [1.165, 1.54) is 11.3 Å². The maximum absolute atomic E-state index is 12.1. The second-order valence-corrected chi connectivity index (χ2v) is 8.70. The molecule has 0 radical (unpaired) electrons. The van der Waals surface area contributed by atoms with Crippen LogP contribution in [0.2, 0.25) is 0 Å². The second-order valence-electron chi connectivity index (χ2n) is 7.52. The number of carbonyl (C=O) groups is 3. The number of esters is 1. The van der Waals surface area contributed by atoms with Crippen LogP contribution in [-0.2, 0) is 19.1 Å². The molecule has 0 saturated carbocycles. The molecule has 35 heavy (non-hydrogen) atoms. The Bertz CT molecular complexity index is 1350. The summed E-state index contributed by atoms with van der Waals surface area (Å²) >= 11 is 1.24. The van der Waals surface area contributed by atoms with Gasteiger partial charge in [-0.1, -0.05) is 41.7 Å². The lowest BCUT2D eigenvalue weighted by atomic mass is 10.1. The number of anilines is 2. The Morgan fingerprint density at radius 1 is 0.829 bits per heavy atom. The summed E-state index contributed by atoms with van der Waals surface area (Å²) in [5.74, 6) is -0.196. The zero-order chi connectivity index (χ0) is 24.6. The maximum atomic E-state index is 12.1. The zero-order valence-corrected chi connectivity index (χ0v) is 19.6. The molecule has 2 amide bonds. The van der Waals surface area contributed by atoms with Crippen molar-refractivity contribution in [3.05, 3.63) is 71.7 Å². The fraction of sp³-hybridized carbons (Fsp3) is 0.160. The highest BCUT2D eigenvalue weighted by Crippen LogP contribution is 2.26. The number of nitrogens with zero attached hydrogens (tertiary/aromatic N) is 2. The molecule has 0 saturated heterocycles. The Balaban J connectivity index is 1.18. The number of benzene rings is 3. The van der Waals surface area contributed by atoms with Crippen LogP contribution in [0.25, 0.3) is 10.8 Å². The molecule has 0 atom stereocenters. The van der Waals surface area contributed by atoms with E-state index in [4.69, 9.17) is 9.47 Å². The molecule has 178 valence electrons. The molecule has 0 aliphatic carbocycles. The van der Waals surface area contributed by atoms with Crippen molar-refractivity contribution >= 4 is 50.7 Å². The molecule has 1 heterocycles. The molecule has 10 heteroatoms. The van der Waals surface area contributed by atoms with Crippen molar-refractivity contribution in [3.8, 4) is 11.5 Å². The summed E-state index contributed by atoms with van der Waals surface area (Å²) in [6.07, 6.45) is -0.241. The van der Waals surface area contributed by atoms with Crippen LogP contribution in [0.1, 0.15) is 17.8 Å². The summed E-state index contributed by atoms with van der Waals surface area (Å²) in [5.41, 5.74) is 0.531. The van der Waals surface area contributed by atoms with Gasteiger partial charge in [-0.05, 0) is 54.1 Å². The molecule has 0 bridgehead atoms. The van der Waals surface area contributed by atoms with Gasteiger partial charge in [0.2, 0.25) is 11.0 Å². The largest absolute Gasteiger partial charge is 0.457 e. The first-order valence-corrected chi connectivity index (χ1v) is 11.6. The Kier molecular flexibility index (Phi) is 7.63. The molecule has 0 aliphatic rings. The van der Waals surface area contributed by atoms with Crippen molar-refractivity contribution in [2.45, 2.75) is 19.8 Å². The zero-order valence-electron chi connectivity index (χ0n) is 18.8. The third kappa shape index (κ3) is 7.08. The Hall–Kier alpha value is -4.31. The number of rotatable bonds is 9. The second kappa shape index (κ2) is 11.2. The molecule has 4 rings (SSSR count). The monoisotopic (exact) mass is 490 g/mol. The minimum atomic E-state index is -0.650. The highest BCUT2D eigenvalue weighted by Gasteiger charge is 2.12. The van der Waals surface area contributed by atoms with Crippen molar-refractivity contribution in [1.82, 2.24) is 10.2 Å². The van der Waals surface area contributed by atoms with Gasteiger partial charge in [-0.25, -0.2) is 0 Å². The van der Waals surface area contributed by atoms with Gasteiger partial charge < -0.3 is 20.1 Å². The average molecular weight is 491 g/mol. The SMILES string of the molecule is Cc1nnc(NC(=O)CCC(=O)OCC(=O)Nc2ccc(Oc3ccc4ccccc4c3)cc2)s1. The first-order valence-electron chi connectivity index (χ1n) is 10.8. The van der Waals surface area contributed by atoms with E-state index < -0.39 is 18.5 Å². The minimum Gasteiger partial charge on any atom is -0.457 e. The fourth-order valence-electron chi connectivity index (χ4n) is 3.13. The van der Waals surface area contributed by atoms with E-state index in [0.717, 1.165) is 15.8 Å². The van der Waals surface area contributed by atoms with Gasteiger partial charge in [-0.3, -0.25) is 14.4 Å². The van der Waals surface area contributed by atoms with E-state index in [2.05, 4.69) is 20.8 Å². The van der Waals surface area contributed by atoms with Crippen molar-refractivity contribution in [3.63, 3.8) is 0 Å².